The standard InChI is InChI=1S/C13H20N2O2/c1-4-8-15(5-2)13(16)11-7-6-10(17-3)9-12(11)14/h6-7,9H,4-5,8,14H2,1-3H3. The summed E-state index contributed by atoms with van der Waals surface area (Å²) >= 11 is 0. The van der Waals surface area contributed by atoms with Gasteiger partial charge in [0.05, 0.1) is 12.7 Å². The van der Waals surface area contributed by atoms with Crippen molar-refractivity contribution in [3.63, 3.8) is 0 Å². The van der Waals surface area contributed by atoms with Crippen LogP contribution in [0.25, 0.3) is 0 Å². The fraction of sp³-hybridized carbons (Fsp3) is 0.462. The molecule has 1 aromatic rings. The van der Waals surface area contributed by atoms with Crippen LogP contribution in [-0.2, 0) is 0 Å². The number of rotatable bonds is 5. The van der Waals surface area contributed by atoms with Crippen LogP contribution in [0.15, 0.2) is 18.2 Å². The van der Waals surface area contributed by atoms with Crippen molar-refractivity contribution in [2.75, 3.05) is 25.9 Å². The number of amides is 1. The molecule has 0 saturated heterocycles. The van der Waals surface area contributed by atoms with Gasteiger partial charge in [-0.2, -0.15) is 0 Å². The predicted octanol–water partition coefficient (Wildman–Crippen LogP) is 2.15. The lowest BCUT2D eigenvalue weighted by Gasteiger charge is -2.21. The molecule has 94 valence electrons. The lowest BCUT2D eigenvalue weighted by Crippen LogP contribution is -2.32. The van der Waals surface area contributed by atoms with Gasteiger partial charge >= 0.3 is 0 Å². The Morgan fingerprint density at radius 2 is 2.12 bits per heavy atom. The van der Waals surface area contributed by atoms with Crippen LogP contribution in [0.2, 0.25) is 0 Å². The first-order valence-electron chi connectivity index (χ1n) is 5.86. The van der Waals surface area contributed by atoms with Gasteiger partial charge in [0.25, 0.3) is 5.91 Å². The molecule has 0 atom stereocenters. The Balaban J connectivity index is 2.95. The molecule has 1 rings (SSSR count). The summed E-state index contributed by atoms with van der Waals surface area (Å²) in [5.74, 6) is 0.645. The van der Waals surface area contributed by atoms with E-state index < -0.39 is 0 Å². The van der Waals surface area contributed by atoms with Gasteiger partial charge in [0.15, 0.2) is 0 Å². The van der Waals surface area contributed by atoms with Gasteiger partial charge in [0, 0.05) is 24.8 Å². The largest absolute Gasteiger partial charge is 0.497 e. The van der Waals surface area contributed by atoms with E-state index in [1.54, 1.807) is 30.2 Å². The number of hydrogen-bond acceptors (Lipinski definition) is 3. The Morgan fingerprint density at radius 3 is 2.59 bits per heavy atom. The average Bonchev–Trinajstić information content (AvgIpc) is 2.35. The van der Waals surface area contributed by atoms with Gasteiger partial charge in [0.1, 0.15) is 5.75 Å². The van der Waals surface area contributed by atoms with E-state index in [0.29, 0.717) is 23.5 Å². The Labute approximate surface area is 102 Å². The first-order valence-corrected chi connectivity index (χ1v) is 5.86. The Hall–Kier alpha value is -1.71. The molecule has 0 bridgehead atoms. The van der Waals surface area contributed by atoms with E-state index in [1.165, 1.54) is 0 Å². The van der Waals surface area contributed by atoms with Gasteiger partial charge < -0.3 is 15.4 Å². The molecule has 0 unspecified atom stereocenters. The van der Waals surface area contributed by atoms with E-state index >= 15 is 0 Å². The van der Waals surface area contributed by atoms with Crippen molar-refractivity contribution in [3.05, 3.63) is 23.8 Å². The summed E-state index contributed by atoms with van der Waals surface area (Å²) in [6.07, 6.45) is 0.940. The third-order valence-electron chi connectivity index (χ3n) is 2.65. The van der Waals surface area contributed by atoms with Crippen LogP contribution in [0.4, 0.5) is 5.69 Å². The lowest BCUT2D eigenvalue weighted by molar-refractivity contribution is 0.0765. The van der Waals surface area contributed by atoms with Crippen LogP contribution >= 0.6 is 0 Å². The molecule has 4 nitrogen and oxygen atoms in total. The van der Waals surface area contributed by atoms with Crippen molar-refractivity contribution in [1.29, 1.82) is 0 Å². The minimum Gasteiger partial charge on any atom is -0.497 e. The highest BCUT2D eigenvalue weighted by atomic mass is 16.5. The molecular formula is C13H20N2O2. The second-order valence-electron chi connectivity index (χ2n) is 3.84. The number of nitrogens with zero attached hydrogens (tertiary/aromatic N) is 1. The van der Waals surface area contributed by atoms with Gasteiger partial charge in [-0.1, -0.05) is 6.92 Å². The molecule has 17 heavy (non-hydrogen) atoms. The van der Waals surface area contributed by atoms with Crippen LogP contribution < -0.4 is 10.5 Å². The second kappa shape index (κ2) is 6.13. The number of hydrogen-bond donors (Lipinski definition) is 1. The molecule has 0 fully saturated rings. The Kier molecular flexibility index (Phi) is 4.82. The minimum absolute atomic E-state index is 0.0190. The summed E-state index contributed by atoms with van der Waals surface area (Å²) in [5.41, 5.74) is 6.86. The van der Waals surface area contributed by atoms with Crippen molar-refractivity contribution in [2.45, 2.75) is 20.3 Å². The maximum atomic E-state index is 12.2. The summed E-state index contributed by atoms with van der Waals surface area (Å²) in [4.78, 5) is 14.0. The lowest BCUT2D eigenvalue weighted by atomic mass is 10.1. The van der Waals surface area contributed by atoms with Crippen molar-refractivity contribution in [1.82, 2.24) is 4.90 Å². The van der Waals surface area contributed by atoms with Gasteiger partial charge in [-0.15, -0.1) is 0 Å². The quantitative estimate of drug-likeness (QED) is 0.797. The molecule has 0 radical (unpaired) electrons. The Morgan fingerprint density at radius 1 is 1.41 bits per heavy atom. The van der Waals surface area contributed by atoms with Gasteiger partial charge in [0.2, 0.25) is 0 Å². The summed E-state index contributed by atoms with van der Waals surface area (Å²) < 4.78 is 5.06. The normalized spacial score (nSPS) is 10.1. The molecule has 4 heteroatoms. The molecule has 0 aliphatic carbocycles. The average molecular weight is 236 g/mol. The van der Waals surface area contributed by atoms with Crippen LogP contribution in [-0.4, -0.2) is 31.0 Å². The number of nitrogen functional groups attached to an aromatic ring is 1. The maximum absolute atomic E-state index is 12.2. The predicted molar refractivity (Wildman–Crippen MR) is 69.3 cm³/mol. The third-order valence-corrected chi connectivity index (χ3v) is 2.65. The van der Waals surface area contributed by atoms with Crippen LogP contribution in [0.1, 0.15) is 30.6 Å². The molecule has 0 saturated carbocycles. The topological polar surface area (TPSA) is 55.6 Å². The van der Waals surface area contributed by atoms with Crippen molar-refractivity contribution in [2.24, 2.45) is 0 Å². The molecule has 0 aliphatic heterocycles. The second-order valence-corrected chi connectivity index (χ2v) is 3.84. The summed E-state index contributed by atoms with van der Waals surface area (Å²) in [6, 6.07) is 5.14. The summed E-state index contributed by atoms with van der Waals surface area (Å²) in [5, 5.41) is 0. The van der Waals surface area contributed by atoms with Crippen molar-refractivity contribution < 1.29 is 9.53 Å². The summed E-state index contributed by atoms with van der Waals surface area (Å²) in [6.45, 7) is 5.46. The first kappa shape index (κ1) is 13.4. The SMILES string of the molecule is CCCN(CC)C(=O)c1ccc(OC)cc1N. The Bertz CT molecular complexity index is 391. The highest BCUT2D eigenvalue weighted by Crippen LogP contribution is 2.21. The molecule has 0 heterocycles. The highest BCUT2D eigenvalue weighted by Gasteiger charge is 2.16. The van der Waals surface area contributed by atoms with E-state index in [-0.39, 0.29) is 5.91 Å². The molecule has 0 spiro atoms. The zero-order valence-electron chi connectivity index (χ0n) is 10.7. The maximum Gasteiger partial charge on any atom is 0.255 e. The minimum atomic E-state index is -0.0190. The van der Waals surface area contributed by atoms with E-state index in [1.807, 2.05) is 13.8 Å². The van der Waals surface area contributed by atoms with Crippen LogP contribution in [0.5, 0.6) is 5.75 Å². The highest BCUT2D eigenvalue weighted by molar-refractivity contribution is 5.99. The van der Waals surface area contributed by atoms with Gasteiger partial charge in [-0.05, 0) is 25.5 Å². The van der Waals surface area contributed by atoms with Crippen LogP contribution in [0, 0.1) is 0 Å². The van der Waals surface area contributed by atoms with Crippen molar-refractivity contribution >= 4 is 11.6 Å². The van der Waals surface area contributed by atoms with E-state index in [4.69, 9.17) is 10.5 Å². The fourth-order valence-electron chi connectivity index (χ4n) is 1.71. The smallest absolute Gasteiger partial charge is 0.255 e. The zero-order chi connectivity index (χ0) is 12.8. The molecule has 0 aliphatic rings. The number of methoxy groups -OCH3 is 1. The summed E-state index contributed by atoms with van der Waals surface area (Å²) in [7, 11) is 1.58. The van der Waals surface area contributed by atoms with E-state index in [9.17, 15) is 4.79 Å². The van der Waals surface area contributed by atoms with Gasteiger partial charge in [-0.3, -0.25) is 4.79 Å². The monoisotopic (exact) mass is 236 g/mol. The van der Waals surface area contributed by atoms with Crippen molar-refractivity contribution in [3.8, 4) is 5.75 Å². The fourth-order valence-corrected chi connectivity index (χ4v) is 1.71. The molecule has 1 aromatic carbocycles. The number of anilines is 1. The number of benzene rings is 1. The molecular weight excluding hydrogens is 216 g/mol. The molecule has 2 N–H and O–H groups in total. The first-order chi connectivity index (χ1) is 8.13. The van der Waals surface area contributed by atoms with Gasteiger partial charge in [-0.25, -0.2) is 0 Å². The van der Waals surface area contributed by atoms with E-state index in [0.717, 1.165) is 13.0 Å². The van der Waals surface area contributed by atoms with E-state index in [2.05, 4.69) is 0 Å². The zero-order valence-corrected chi connectivity index (χ0v) is 10.7. The molecule has 1 amide bonds. The number of nitrogens with two attached hydrogens (primary N) is 1. The molecule has 0 aromatic heterocycles. The number of carbonyl (C=O) groups excluding carboxylic acids is 1. The van der Waals surface area contributed by atoms with Crippen LogP contribution in [0.3, 0.4) is 0 Å². The number of carbonyl (C=O) groups is 1. The number of ether oxygens (including phenoxy) is 1. The third kappa shape index (κ3) is 3.12.